The number of benzene rings is 6. The summed E-state index contributed by atoms with van der Waals surface area (Å²) in [5.74, 6) is 2.75. The van der Waals surface area contributed by atoms with E-state index < -0.39 is 0 Å². The topological polar surface area (TPSA) is 27.1 Å². The van der Waals surface area contributed by atoms with Crippen LogP contribution in [0, 0.1) is 0 Å². The summed E-state index contributed by atoms with van der Waals surface area (Å²) in [5, 5.41) is 2.38. The van der Waals surface area contributed by atoms with Gasteiger partial charge in [0.2, 0.25) is 0 Å². The summed E-state index contributed by atoms with van der Waals surface area (Å²) >= 11 is 0. The predicted molar refractivity (Wildman–Crippen MR) is 155 cm³/mol. The maximum absolute atomic E-state index is 6.39. The van der Waals surface area contributed by atoms with Gasteiger partial charge >= 0.3 is 0 Å². The first-order valence-corrected chi connectivity index (χ1v) is 12.8. The molecule has 3 heteroatoms. The number of aromatic nitrogens is 2. The molecule has 2 heterocycles. The van der Waals surface area contributed by atoms with Crippen LogP contribution in [-0.2, 0) is 0 Å². The molecule has 0 amide bonds. The van der Waals surface area contributed by atoms with Gasteiger partial charge in [-0.15, -0.1) is 0 Å². The molecule has 0 radical (unpaired) electrons. The molecular formula is C35H22N2O. The van der Waals surface area contributed by atoms with Gasteiger partial charge in [0.25, 0.3) is 0 Å². The Morgan fingerprint density at radius 2 is 1.29 bits per heavy atom. The predicted octanol–water partition coefficient (Wildman–Crippen LogP) is 9.29. The van der Waals surface area contributed by atoms with E-state index in [1.54, 1.807) is 0 Å². The number of hydrogen-bond acceptors (Lipinski definition) is 2. The maximum Gasteiger partial charge on any atom is 0.145 e. The minimum absolute atomic E-state index is 0.893. The summed E-state index contributed by atoms with van der Waals surface area (Å²) in [5.41, 5.74) is 8.87. The lowest BCUT2D eigenvalue weighted by molar-refractivity contribution is 0.487. The van der Waals surface area contributed by atoms with Crippen molar-refractivity contribution in [1.82, 2.24) is 9.55 Å². The number of fused-ring (bicyclic) bond motifs is 3. The van der Waals surface area contributed by atoms with Crippen molar-refractivity contribution >= 4 is 21.8 Å². The van der Waals surface area contributed by atoms with E-state index in [0.29, 0.717) is 0 Å². The molecule has 3 nitrogen and oxygen atoms in total. The Labute approximate surface area is 220 Å². The lowest BCUT2D eigenvalue weighted by atomic mass is 9.93. The highest BCUT2D eigenvalue weighted by atomic mass is 16.5. The largest absolute Gasteiger partial charge is 0.456 e. The quantitative estimate of drug-likeness (QED) is 0.249. The second kappa shape index (κ2) is 8.19. The molecule has 1 aliphatic rings. The van der Waals surface area contributed by atoms with Crippen molar-refractivity contribution in [2.24, 2.45) is 0 Å². The third-order valence-electron chi connectivity index (χ3n) is 7.41. The molecule has 0 atom stereocenters. The highest BCUT2D eigenvalue weighted by molar-refractivity contribution is 6.04. The first-order chi connectivity index (χ1) is 18.8. The van der Waals surface area contributed by atoms with Crippen molar-refractivity contribution < 1.29 is 4.74 Å². The van der Waals surface area contributed by atoms with Gasteiger partial charge in [0.1, 0.15) is 17.3 Å². The Morgan fingerprint density at radius 3 is 2.16 bits per heavy atom. The molecule has 0 aliphatic carbocycles. The Bertz CT molecular complexity index is 1980. The summed E-state index contributed by atoms with van der Waals surface area (Å²) < 4.78 is 8.63. The van der Waals surface area contributed by atoms with Crippen molar-refractivity contribution in [2.75, 3.05) is 0 Å². The van der Waals surface area contributed by atoms with Crippen molar-refractivity contribution in [3.63, 3.8) is 0 Å². The number of rotatable bonds is 3. The standard InChI is InChI=1S/C35H22N2O/c1-2-8-25(9-3-1)35-36-30-13-4-5-14-31(30)37(35)27-19-16-23(17-20-27)26-18-21-28-29-12-6-10-24-11-7-15-32(34(24)29)38-33(28)22-26/h1-22H. The van der Waals surface area contributed by atoms with Crippen molar-refractivity contribution in [3.8, 4) is 50.8 Å². The first kappa shape index (κ1) is 21.0. The molecule has 0 N–H and O–H groups in total. The van der Waals surface area contributed by atoms with Crippen LogP contribution < -0.4 is 4.74 Å². The molecule has 38 heavy (non-hydrogen) atoms. The van der Waals surface area contributed by atoms with E-state index in [-0.39, 0.29) is 0 Å². The highest BCUT2D eigenvalue weighted by Gasteiger charge is 2.20. The van der Waals surface area contributed by atoms with E-state index in [2.05, 4.69) is 126 Å². The van der Waals surface area contributed by atoms with E-state index in [0.717, 1.165) is 56.3 Å². The Morgan fingerprint density at radius 1 is 0.526 bits per heavy atom. The third kappa shape index (κ3) is 3.19. The lowest BCUT2D eigenvalue weighted by Gasteiger charge is -2.22. The van der Waals surface area contributed by atoms with Gasteiger partial charge in [-0.25, -0.2) is 4.98 Å². The van der Waals surface area contributed by atoms with Gasteiger partial charge < -0.3 is 4.74 Å². The summed E-state index contributed by atoms with van der Waals surface area (Å²) in [4.78, 5) is 4.97. The third-order valence-corrected chi connectivity index (χ3v) is 7.41. The van der Waals surface area contributed by atoms with Crippen LogP contribution in [0.4, 0.5) is 0 Å². The SMILES string of the molecule is c1ccc(-c2nc3ccccc3n2-c2ccc(-c3ccc4c(c3)Oc3cccc5cccc-4c35)cc2)cc1. The van der Waals surface area contributed by atoms with Crippen molar-refractivity contribution in [2.45, 2.75) is 0 Å². The molecule has 1 aromatic heterocycles. The molecule has 0 spiro atoms. The van der Waals surface area contributed by atoms with Gasteiger partial charge in [0.15, 0.2) is 0 Å². The van der Waals surface area contributed by atoms with Crippen LogP contribution in [0.15, 0.2) is 133 Å². The van der Waals surface area contributed by atoms with Crippen LogP contribution in [0.1, 0.15) is 0 Å². The average molecular weight is 487 g/mol. The normalized spacial score (nSPS) is 11.9. The summed E-state index contributed by atoms with van der Waals surface area (Å²) in [6, 6.07) is 46.6. The Balaban J connectivity index is 1.21. The lowest BCUT2D eigenvalue weighted by Crippen LogP contribution is -1.98. The van der Waals surface area contributed by atoms with E-state index >= 15 is 0 Å². The van der Waals surface area contributed by atoms with Crippen LogP contribution in [0.25, 0.3) is 61.1 Å². The molecule has 0 saturated heterocycles. The summed E-state index contributed by atoms with van der Waals surface area (Å²) in [6.45, 7) is 0. The number of ether oxygens (including phenoxy) is 1. The second-order valence-electron chi connectivity index (χ2n) is 9.65. The minimum Gasteiger partial charge on any atom is -0.456 e. The monoisotopic (exact) mass is 486 g/mol. The van der Waals surface area contributed by atoms with E-state index in [9.17, 15) is 0 Å². The minimum atomic E-state index is 0.893. The molecule has 0 bridgehead atoms. The number of hydrogen-bond donors (Lipinski definition) is 0. The molecule has 6 aromatic carbocycles. The molecule has 8 rings (SSSR count). The molecule has 0 saturated carbocycles. The van der Waals surface area contributed by atoms with E-state index in [1.807, 2.05) is 12.1 Å². The molecule has 0 fully saturated rings. The van der Waals surface area contributed by atoms with Crippen LogP contribution in [0.2, 0.25) is 0 Å². The molecule has 178 valence electrons. The fourth-order valence-corrected chi connectivity index (χ4v) is 5.61. The van der Waals surface area contributed by atoms with E-state index in [1.165, 1.54) is 16.3 Å². The van der Waals surface area contributed by atoms with Gasteiger partial charge in [0.05, 0.1) is 11.0 Å². The van der Waals surface area contributed by atoms with Crippen LogP contribution in [0.5, 0.6) is 11.5 Å². The van der Waals surface area contributed by atoms with Gasteiger partial charge in [-0.3, -0.25) is 4.57 Å². The Hall–Kier alpha value is -5.15. The van der Waals surface area contributed by atoms with Gasteiger partial charge in [-0.1, -0.05) is 91.0 Å². The summed E-state index contributed by atoms with van der Waals surface area (Å²) in [7, 11) is 0. The van der Waals surface area contributed by atoms with Crippen molar-refractivity contribution in [1.29, 1.82) is 0 Å². The zero-order chi connectivity index (χ0) is 25.1. The Kier molecular flexibility index (Phi) is 4.52. The first-order valence-electron chi connectivity index (χ1n) is 12.8. The molecule has 7 aromatic rings. The smallest absolute Gasteiger partial charge is 0.145 e. The number of imidazole rings is 1. The maximum atomic E-state index is 6.39. The van der Waals surface area contributed by atoms with Gasteiger partial charge in [0, 0.05) is 22.2 Å². The average Bonchev–Trinajstić information content (AvgIpc) is 3.37. The van der Waals surface area contributed by atoms with Crippen molar-refractivity contribution in [3.05, 3.63) is 133 Å². The van der Waals surface area contributed by atoms with Gasteiger partial charge in [-0.2, -0.15) is 0 Å². The molecule has 1 aliphatic heterocycles. The second-order valence-corrected chi connectivity index (χ2v) is 9.65. The number of nitrogens with zero attached hydrogens (tertiary/aromatic N) is 2. The molecule has 0 unspecified atom stereocenters. The fourth-order valence-electron chi connectivity index (χ4n) is 5.61. The van der Waals surface area contributed by atoms with Crippen LogP contribution in [0.3, 0.4) is 0 Å². The van der Waals surface area contributed by atoms with E-state index in [4.69, 9.17) is 9.72 Å². The van der Waals surface area contributed by atoms with Crippen LogP contribution in [-0.4, -0.2) is 9.55 Å². The zero-order valence-electron chi connectivity index (χ0n) is 20.5. The fraction of sp³-hybridized carbons (Fsp3) is 0. The van der Waals surface area contributed by atoms with Crippen LogP contribution >= 0.6 is 0 Å². The highest BCUT2D eigenvalue weighted by Crippen LogP contribution is 2.47. The molecular weight excluding hydrogens is 464 g/mol. The zero-order valence-corrected chi connectivity index (χ0v) is 20.5. The summed E-state index contributed by atoms with van der Waals surface area (Å²) in [6.07, 6.45) is 0. The van der Waals surface area contributed by atoms with Gasteiger partial charge in [-0.05, 0) is 64.5 Å². The number of para-hydroxylation sites is 2.